The maximum absolute atomic E-state index is 13.0. The highest BCUT2D eigenvalue weighted by Gasteiger charge is 2.35. The largest absolute Gasteiger partial charge is 0.417 e. The molecule has 0 saturated carbocycles. The molecule has 0 spiro atoms. The molecule has 1 unspecified atom stereocenters. The predicted molar refractivity (Wildman–Crippen MR) is 76.0 cm³/mol. The first-order valence-corrected chi connectivity index (χ1v) is 6.77. The number of unbranched alkanes of at least 4 members (excludes halogenated alkanes) is 1. The van der Waals surface area contributed by atoms with Crippen LogP contribution in [-0.2, 0) is 6.18 Å². The highest BCUT2D eigenvalue weighted by atomic mass is 19.4. The fourth-order valence-electron chi connectivity index (χ4n) is 2.02. The third kappa shape index (κ3) is 4.93. The summed E-state index contributed by atoms with van der Waals surface area (Å²) < 4.78 is 38.9. The second-order valence-corrected chi connectivity index (χ2v) is 4.84. The monoisotopic (exact) mass is 303 g/mol. The van der Waals surface area contributed by atoms with E-state index in [0.29, 0.717) is 6.54 Å². The molecule has 0 radical (unpaired) electrons. The lowest BCUT2D eigenvalue weighted by molar-refractivity contribution is -0.137. The van der Waals surface area contributed by atoms with Crippen molar-refractivity contribution < 1.29 is 18.0 Å². The smallest absolute Gasteiger partial charge is 0.381 e. The zero-order valence-corrected chi connectivity index (χ0v) is 11.8. The first-order chi connectivity index (χ1) is 9.79. The van der Waals surface area contributed by atoms with Gasteiger partial charge in [-0.2, -0.15) is 13.2 Å². The number of carbonyl (C=O) groups excluding carboxylic acids is 1. The average Bonchev–Trinajstić information content (AvgIpc) is 2.42. The summed E-state index contributed by atoms with van der Waals surface area (Å²) in [6.07, 6.45) is -1.96. The number of hydrogen-bond acceptors (Lipinski definition) is 3. The van der Waals surface area contributed by atoms with Crippen LogP contribution in [0.3, 0.4) is 0 Å². The van der Waals surface area contributed by atoms with Gasteiger partial charge in [0.15, 0.2) is 0 Å². The van der Waals surface area contributed by atoms with Crippen LogP contribution in [0.5, 0.6) is 0 Å². The lowest BCUT2D eigenvalue weighted by Crippen LogP contribution is -2.29. The van der Waals surface area contributed by atoms with Crippen LogP contribution in [0.1, 0.15) is 42.1 Å². The lowest BCUT2D eigenvalue weighted by Gasteiger charge is -2.19. The van der Waals surface area contributed by atoms with Gasteiger partial charge in [-0.25, -0.2) is 0 Å². The molecule has 0 aliphatic heterocycles. The standard InChI is InChI=1S/C14H20F3N3O/c1-2-3-4-10(8-18)20-9-5-6-11(13(19)21)12(7-9)14(15,16)17/h5-7,10,20H,2-4,8,18H2,1H3,(H2,19,21). The molecule has 0 aromatic heterocycles. The molecule has 0 aliphatic rings. The third-order valence-electron chi connectivity index (χ3n) is 3.15. The molecule has 0 saturated heterocycles. The number of nitrogens with two attached hydrogens (primary N) is 2. The van der Waals surface area contributed by atoms with Gasteiger partial charge in [0.1, 0.15) is 0 Å². The van der Waals surface area contributed by atoms with Crippen LogP contribution in [-0.4, -0.2) is 18.5 Å². The van der Waals surface area contributed by atoms with Crippen LogP contribution in [0.4, 0.5) is 18.9 Å². The van der Waals surface area contributed by atoms with Gasteiger partial charge in [-0.05, 0) is 24.6 Å². The van der Waals surface area contributed by atoms with E-state index in [9.17, 15) is 18.0 Å². The van der Waals surface area contributed by atoms with E-state index >= 15 is 0 Å². The lowest BCUT2D eigenvalue weighted by atomic mass is 10.0. The average molecular weight is 303 g/mol. The molecule has 7 heteroatoms. The predicted octanol–water partition coefficient (Wildman–Crippen LogP) is 2.73. The number of benzene rings is 1. The summed E-state index contributed by atoms with van der Waals surface area (Å²) in [6.45, 7) is 2.34. The highest BCUT2D eigenvalue weighted by Crippen LogP contribution is 2.33. The summed E-state index contributed by atoms with van der Waals surface area (Å²) in [5, 5.41) is 2.97. The number of hydrogen-bond donors (Lipinski definition) is 3. The van der Waals surface area contributed by atoms with Crippen LogP contribution < -0.4 is 16.8 Å². The summed E-state index contributed by atoms with van der Waals surface area (Å²) in [5.41, 5.74) is 9.28. The van der Waals surface area contributed by atoms with Crippen LogP contribution in [0.15, 0.2) is 18.2 Å². The molecular weight excluding hydrogens is 283 g/mol. The number of carbonyl (C=O) groups is 1. The number of rotatable bonds is 7. The Morgan fingerprint density at radius 2 is 2.05 bits per heavy atom. The number of anilines is 1. The molecule has 0 bridgehead atoms. The molecule has 5 N–H and O–H groups in total. The highest BCUT2D eigenvalue weighted by molar-refractivity contribution is 5.95. The van der Waals surface area contributed by atoms with E-state index in [1.807, 2.05) is 6.92 Å². The second-order valence-electron chi connectivity index (χ2n) is 4.84. The fourth-order valence-corrected chi connectivity index (χ4v) is 2.02. The van der Waals surface area contributed by atoms with Gasteiger partial charge in [-0.3, -0.25) is 4.79 Å². The molecule has 0 fully saturated rings. The van der Waals surface area contributed by atoms with Crippen molar-refractivity contribution >= 4 is 11.6 Å². The number of primary amides is 1. The van der Waals surface area contributed by atoms with E-state index in [2.05, 4.69) is 5.32 Å². The van der Waals surface area contributed by atoms with E-state index in [1.165, 1.54) is 6.07 Å². The second kappa shape index (κ2) is 7.31. The Bertz CT molecular complexity index is 489. The molecule has 21 heavy (non-hydrogen) atoms. The molecule has 0 aliphatic carbocycles. The maximum atomic E-state index is 13.0. The normalized spacial score (nSPS) is 13.0. The van der Waals surface area contributed by atoms with E-state index in [-0.39, 0.29) is 11.7 Å². The molecular formula is C14H20F3N3O. The van der Waals surface area contributed by atoms with Crippen molar-refractivity contribution in [2.75, 3.05) is 11.9 Å². The minimum Gasteiger partial charge on any atom is -0.381 e. The first kappa shape index (κ1) is 17.3. The van der Waals surface area contributed by atoms with Crippen molar-refractivity contribution in [3.05, 3.63) is 29.3 Å². The molecule has 0 heterocycles. The van der Waals surface area contributed by atoms with Gasteiger partial charge in [0.25, 0.3) is 0 Å². The van der Waals surface area contributed by atoms with Gasteiger partial charge < -0.3 is 16.8 Å². The van der Waals surface area contributed by atoms with Gasteiger partial charge >= 0.3 is 6.18 Å². The Labute approximate surface area is 121 Å². The molecule has 118 valence electrons. The van der Waals surface area contributed by atoms with Crippen LogP contribution in [0, 0.1) is 0 Å². The van der Waals surface area contributed by atoms with E-state index in [0.717, 1.165) is 31.4 Å². The van der Waals surface area contributed by atoms with E-state index < -0.39 is 23.2 Å². The van der Waals surface area contributed by atoms with Crippen LogP contribution in [0.2, 0.25) is 0 Å². The first-order valence-electron chi connectivity index (χ1n) is 6.77. The number of amides is 1. The molecule has 1 amide bonds. The Balaban J connectivity index is 3.02. The Morgan fingerprint density at radius 1 is 1.38 bits per heavy atom. The van der Waals surface area contributed by atoms with Crippen molar-refractivity contribution in [2.24, 2.45) is 11.5 Å². The summed E-state index contributed by atoms with van der Waals surface area (Å²) in [7, 11) is 0. The van der Waals surface area contributed by atoms with Crippen molar-refractivity contribution in [3.8, 4) is 0 Å². The molecule has 1 aromatic rings. The number of nitrogens with one attached hydrogen (secondary N) is 1. The zero-order valence-electron chi connectivity index (χ0n) is 11.8. The molecule has 1 rings (SSSR count). The van der Waals surface area contributed by atoms with Gasteiger partial charge in [-0.1, -0.05) is 19.8 Å². The number of alkyl halides is 3. The van der Waals surface area contributed by atoms with Gasteiger partial charge in [0, 0.05) is 18.3 Å². The van der Waals surface area contributed by atoms with Crippen molar-refractivity contribution in [3.63, 3.8) is 0 Å². The quantitative estimate of drug-likeness (QED) is 0.724. The van der Waals surface area contributed by atoms with Crippen molar-refractivity contribution in [2.45, 2.75) is 38.4 Å². The van der Waals surface area contributed by atoms with Crippen LogP contribution >= 0.6 is 0 Å². The Hall–Kier alpha value is -1.76. The SMILES string of the molecule is CCCCC(CN)Nc1ccc(C(N)=O)c(C(F)(F)F)c1. The van der Waals surface area contributed by atoms with E-state index in [4.69, 9.17) is 11.5 Å². The molecule has 4 nitrogen and oxygen atoms in total. The molecule has 1 aromatic carbocycles. The summed E-state index contributed by atoms with van der Waals surface area (Å²) in [4.78, 5) is 11.1. The van der Waals surface area contributed by atoms with E-state index in [1.54, 1.807) is 0 Å². The molecule has 1 atom stereocenters. The maximum Gasteiger partial charge on any atom is 0.417 e. The van der Waals surface area contributed by atoms with Gasteiger partial charge in [0.2, 0.25) is 5.91 Å². The van der Waals surface area contributed by atoms with Crippen molar-refractivity contribution in [1.29, 1.82) is 0 Å². The van der Waals surface area contributed by atoms with Gasteiger partial charge in [-0.15, -0.1) is 0 Å². The summed E-state index contributed by atoms with van der Waals surface area (Å²) >= 11 is 0. The van der Waals surface area contributed by atoms with Gasteiger partial charge in [0.05, 0.1) is 11.1 Å². The zero-order chi connectivity index (χ0) is 16.0. The summed E-state index contributed by atoms with van der Waals surface area (Å²) in [5.74, 6) is -1.10. The van der Waals surface area contributed by atoms with Crippen molar-refractivity contribution in [1.82, 2.24) is 0 Å². The minimum atomic E-state index is -4.64. The summed E-state index contributed by atoms with van der Waals surface area (Å²) in [6, 6.07) is 3.28. The Morgan fingerprint density at radius 3 is 2.52 bits per heavy atom. The number of halogens is 3. The minimum absolute atomic E-state index is 0.106. The topological polar surface area (TPSA) is 81.1 Å². The Kier molecular flexibility index (Phi) is 6.02. The fraction of sp³-hybridized carbons (Fsp3) is 0.500. The van der Waals surface area contributed by atoms with Crippen LogP contribution in [0.25, 0.3) is 0 Å². The third-order valence-corrected chi connectivity index (χ3v) is 3.15.